The number of carboxylic acid groups (broad SMARTS) is 1. The van der Waals surface area contributed by atoms with E-state index in [1.165, 1.54) is 11.3 Å². The van der Waals surface area contributed by atoms with Crippen molar-refractivity contribution < 1.29 is 19.4 Å². The van der Waals surface area contributed by atoms with Gasteiger partial charge >= 0.3 is 5.97 Å². The SMILES string of the molecule is O=C(c1csc(-c2ccccc2)n1)N1C[C@H]2COCC[C@@]2(C(=O)O)C1. The van der Waals surface area contributed by atoms with Gasteiger partial charge in [-0.25, -0.2) is 4.98 Å². The maximum absolute atomic E-state index is 12.8. The summed E-state index contributed by atoms with van der Waals surface area (Å²) in [5.41, 5.74) is 0.465. The van der Waals surface area contributed by atoms with Crippen LogP contribution in [-0.2, 0) is 9.53 Å². The average molecular weight is 358 g/mol. The number of carboxylic acids is 1. The zero-order chi connectivity index (χ0) is 17.4. The number of likely N-dealkylation sites (tertiary alicyclic amines) is 1. The van der Waals surface area contributed by atoms with E-state index in [9.17, 15) is 14.7 Å². The van der Waals surface area contributed by atoms with E-state index >= 15 is 0 Å². The molecule has 0 unspecified atom stereocenters. The number of hydrogen-bond acceptors (Lipinski definition) is 5. The first-order chi connectivity index (χ1) is 12.1. The van der Waals surface area contributed by atoms with Crippen molar-refractivity contribution in [1.82, 2.24) is 9.88 Å². The molecule has 130 valence electrons. The molecule has 2 saturated heterocycles. The van der Waals surface area contributed by atoms with Gasteiger partial charge in [-0.2, -0.15) is 0 Å². The van der Waals surface area contributed by atoms with Crippen LogP contribution in [-0.4, -0.2) is 53.2 Å². The monoisotopic (exact) mass is 358 g/mol. The summed E-state index contributed by atoms with van der Waals surface area (Å²) in [4.78, 5) is 30.8. The zero-order valence-corrected chi connectivity index (χ0v) is 14.4. The molecular formula is C18H18N2O4S. The summed E-state index contributed by atoms with van der Waals surface area (Å²) in [5.74, 6) is -1.19. The maximum atomic E-state index is 12.8. The Bertz CT molecular complexity index is 806. The number of carbonyl (C=O) groups is 2. The zero-order valence-electron chi connectivity index (χ0n) is 13.6. The Hall–Kier alpha value is -2.25. The molecule has 0 spiro atoms. The Balaban J connectivity index is 1.56. The van der Waals surface area contributed by atoms with Crippen LogP contribution in [0.4, 0.5) is 0 Å². The quantitative estimate of drug-likeness (QED) is 0.911. The molecule has 3 heterocycles. The highest BCUT2D eigenvalue weighted by Gasteiger charge is 2.55. The van der Waals surface area contributed by atoms with E-state index in [1.54, 1.807) is 10.3 Å². The Morgan fingerprint density at radius 1 is 1.32 bits per heavy atom. The van der Waals surface area contributed by atoms with Gasteiger partial charge in [-0.3, -0.25) is 9.59 Å². The Morgan fingerprint density at radius 3 is 2.84 bits per heavy atom. The number of benzene rings is 1. The summed E-state index contributed by atoms with van der Waals surface area (Å²) in [6, 6.07) is 9.70. The van der Waals surface area contributed by atoms with Gasteiger partial charge in [0.25, 0.3) is 5.91 Å². The molecule has 0 bridgehead atoms. The fraction of sp³-hybridized carbons (Fsp3) is 0.389. The molecule has 7 heteroatoms. The maximum Gasteiger partial charge on any atom is 0.311 e. The Morgan fingerprint density at radius 2 is 2.12 bits per heavy atom. The second-order valence-electron chi connectivity index (χ2n) is 6.57. The van der Waals surface area contributed by atoms with Crippen LogP contribution in [0, 0.1) is 11.3 Å². The van der Waals surface area contributed by atoms with Crippen molar-refractivity contribution in [1.29, 1.82) is 0 Å². The first-order valence-electron chi connectivity index (χ1n) is 8.21. The van der Waals surface area contributed by atoms with Crippen molar-refractivity contribution in [2.24, 2.45) is 11.3 Å². The van der Waals surface area contributed by atoms with Crippen LogP contribution in [0.5, 0.6) is 0 Å². The number of aromatic nitrogens is 1. The standard InChI is InChI=1S/C18H18N2O4S/c21-16(14-10-25-15(19-14)12-4-2-1-3-5-12)20-8-13-9-24-7-6-18(13,11-20)17(22)23/h1-5,10,13H,6-9,11H2,(H,22,23)/t13-,18+/m0/s1. The van der Waals surface area contributed by atoms with Crippen LogP contribution in [0.15, 0.2) is 35.7 Å². The minimum absolute atomic E-state index is 0.157. The number of fused-ring (bicyclic) bond motifs is 1. The lowest BCUT2D eigenvalue weighted by Gasteiger charge is -2.33. The van der Waals surface area contributed by atoms with E-state index in [-0.39, 0.29) is 18.4 Å². The number of amides is 1. The van der Waals surface area contributed by atoms with E-state index in [2.05, 4.69) is 4.98 Å². The average Bonchev–Trinajstić information content (AvgIpc) is 3.27. The second-order valence-corrected chi connectivity index (χ2v) is 7.43. The van der Waals surface area contributed by atoms with E-state index in [1.807, 2.05) is 30.3 Å². The minimum atomic E-state index is -0.883. The number of ether oxygens (including phenoxy) is 1. The lowest BCUT2D eigenvalue weighted by Crippen LogP contribution is -2.45. The van der Waals surface area contributed by atoms with Crippen molar-refractivity contribution in [3.8, 4) is 10.6 Å². The minimum Gasteiger partial charge on any atom is -0.481 e. The first-order valence-corrected chi connectivity index (χ1v) is 9.09. The van der Waals surface area contributed by atoms with Crippen LogP contribution in [0.2, 0.25) is 0 Å². The fourth-order valence-electron chi connectivity index (χ4n) is 3.70. The van der Waals surface area contributed by atoms with Gasteiger partial charge in [-0.1, -0.05) is 30.3 Å². The summed E-state index contributed by atoms with van der Waals surface area (Å²) < 4.78 is 5.44. The molecule has 0 radical (unpaired) electrons. The summed E-state index contributed by atoms with van der Waals surface area (Å²) in [6.45, 7) is 1.46. The van der Waals surface area contributed by atoms with E-state index in [0.29, 0.717) is 31.9 Å². The second kappa shape index (κ2) is 6.24. The molecule has 6 nitrogen and oxygen atoms in total. The molecule has 0 aliphatic carbocycles. The van der Waals surface area contributed by atoms with Gasteiger partial charge in [-0.15, -0.1) is 11.3 Å². The molecule has 2 atom stereocenters. The Labute approximate surface area is 149 Å². The number of hydrogen-bond donors (Lipinski definition) is 1. The normalized spacial score (nSPS) is 25.6. The summed E-state index contributed by atoms with van der Waals surface area (Å²) >= 11 is 1.42. The topological polar surface area (TPSA) is 79.7 Å². The van der Waals surface area contributed by atoms with Gasteiger partial charge in [0, 0.05) is 36.6 Å². The predicted molar refractivity (Wildman–Crippen MR) is 92.4 cm³/mol. The van der Waals surface area contributed by atoms with Crippen molar-refractivity contribution in [2.45, 2.75) is 6.42 Å². The molecule has 1 amide bonds. The van der Waals surface area contributed by atoms with Gasteiger partial charge in [0.2, 0.25) is 0 Å². The van der Waals surface area contributed by atoms with Gasteiger partial charge in [0.1, 0.15) is 10.7 Å². The van der Waals surface area contributed by atoms with E-state index < -0.39 is 11.4 Å². The lowest BCUT2D eigenvalue weighted by atomic mass is 9.74. The first kappa shape index (κ1) is 16.2. The van der Waals surface area contributed by atoms with Gasteiger partial charge in [-0.05, 0) is 6.42 Å². The highest BCUT2D eigenvalue weighted by Crippen LogP contribution is 2.43. The molecule has 2 fully saturated rings. The molecule has 2 aliphatic heterocycles. The molecule has 25 heavy (non-hydrogen) atoms. The fourth-order valence-corrected chi connectivity index (χ4v) is 4.50. The van der Waals surface area contributed by atoms with Gasteiger partial charge in [0.15, 0.2) is 0 Å². The van der Waals surface area contributed by atoms with Gasteiger partial charge in [0.05, 0.1) is 12.0 Å². The number of rotatable bonds is 3. The Kier molecular flexibility index (Phi) is 4.05. The van der Waals surface area contributed by atoms with Crippen LogP contribution < -0.4 is 0 Å². The van der Waals surface area contributed by atoms with E-state index in [0.717, 1.165) is 10.6 Å². The molecule has 1 N–H and O–H groups in total. The van der Waals surface area contributed by atoms with Gasteiger partial charge < -0.3 is 14.7 Å². The molecule has 4 rings (SSSR count). The molecule has 1 aromatic carbocycles. The third-order valence-electron chi connectivity index (χ3n) is 5.16. The largest absolute Gasteiger partial charge is 0.481 e. The van der Waals surface area contributed by atoms with Crippen molar-refractivity contribution in [3.63, 3.8) is 0 Å². The predicted octanol–water partition coefficient (Wildman–Crippen LogP) is 2.37. The summed E-state index contributed by atoms with van der Waals surface area (Å²) in [6.07, 6.45) is 0.448. The summed E-state index contributed by atoms with van der Waals surface area (Å²) in [7, 11) is 0. The molecule has 1 aromatic heterocycles. The third kappa shape index (κ3) is 2.73. The highest BCUT2D eigenvalue weighted by molar-refractivity contribution is 7.13. The molecular weight excluding hydrogens is 340 g/mol. The molecule has 2 aliphatic rings. The summed E-state index contributed by atoms with van der Waals surface area (Å²) in [5, 5.41) is 12.3. The number of thiazole rings is 1. The number of carbonyl (C=O) groups excluding carboxylic acids is 1. The van der Waals surface area contributed by atoms with Crippen molar-refractivity contribution in [3.05, 3.63) is 41.4 Å². The smallest absolute Gasteiger partial charge is 0.311 e. The van der Waals surface area contributed by atoms with Crippen molar-refractivity contribution in [2.75, 3.05) is 26.3 Å². The van der Waals surface area contributed by atoms with Crippen LogP contribution >= 0.6 is 11.3 Å². The highest BCUT2D eigenvalue weighted by atomic mass is 32.1. The van der Waals surface area contributed by atoms with Crippen LogP contribution in [0.3, 0.4) is 0 Å². The van der Waals surface area contributed by atoms with Crippen LogP contribution in [0.25, 0.3) is 10.6 Å². The van der Waals surface area contributed by atoms with Crippen molar-refractivity contribution >= 4 is 23.2 Å². The third-order valence-corrected chi connectivity index (χ3v) is 6.06. The molecule has 0 saturated carbocycles. The molecule has 2 aromatic rings. The lowest BCUT2D eigenvalue weighted by molar-refractivity contribution is -0.157. The van der Waals surface area contributed by atoms with E-state index in [4.69, 9.17) is 4.74 Å². The number of nitrogens with zero attached hydrogens (tertiary/aromatic N) is 2. The number of aliphatic carboxylic acids is 1. The van der Waals surface area contributed by atoms with Crippen LogP contribution in [0.1, 0.15) is 16.9 Å².